The number of carbonyl (C=O) groups is 1. The third kappa shape index (κ3) is 4.69. The zero-order valence-electron chi connectivity index (χ0n) is 19.8. The van der Waals surface area contributed by atoms with E-state index in [1.165, 1.54) is 0 Å². The van der Waals surface area contributed by atoms with Crippen molar-refractivity contribution < 1.29 is 19.0 Å². The van der Waals surface area contributed by atoms with Crippen molar-refractivity contribution in [1.82, 2.24) is 0 Å². The number of aryl methyl sites for hydroxylation is 1. The van der Waals surface area contributed by atoms with E-state index in [1.54, 1.807) is 0 Å². The van der Waals surface area contributed by atoms with Crippen molar-refractivity contribution in [2.75, 3.05) is 11.9 Å². The number of nitrogens with one attached hydrogen (secondary N) is 1. The summed E-state index contributed by atoms with van der Waals surface area (Å²) in [5.74, 6) is 2.08. The van der Waals surface area contributed by atoms with E-state index in [2.05, 4.69) is 5.32 Å². The average molecular weight is 457 g/mol. The fraction of sp³-hybridized carbons (Fsp3) is 0.286. The van der Waals surface area contributed by atoms with Crippen LogP contribution in [0.25, 0.3) is 0 Å². The van der Waals surface area contributed by atoms with Crippen molar-refractivity contribution >= 4 is 11.6 Å². The van der Waals surface area contributed by atoms with E-state index in [1.807, 2.05) is 94.4 Å². The molecule has 0 aromatic heterocycles. The van der Waals surface area contributed by atoms with Gasteiger partial charge < -0.3 is 19.5 Å². The van der Waals surface area contributed by atoms with Crippen LogP contribution in [0.4, 0.5) is 5.69 Å². The highest BCUT2D eigenvalue weighted by atomic mass is 16.5. The van der Waals surface area contributed by atoms with Crippen LogP contribution in [0.15, 0.2) is 60.7 Å². The number of hydrogen-bond acceptors (Lipinski definition) is 5. The van der Waals surface area contributed by atoms with Crippen molar-refractivity contribution in [3.63, 3.8) is 0 Å². The van der Waals surface area contributed by atoms with Gasteiger partial charge in [0.05, 0.1) is 5.41 Å². The second-order valence-electron chi connectivity index (χ2n) is 8.92. The van der Waals surface area contributed by atoms with Crippen LogP contribution in [0.1, 0.15) is 49.1 Å². The van der Waals surface area contributed by atoms with Gasteiger partial charge in [0.15, 0.2) is 6.61 Å². The van der Waals surface area contributed by atoms with Gasteiger partial charge in [-0.05, 0) is 62.6 Å². The SMILES string of the molecule is Cc1cccc(COc2cccc(C(C)Oc3ccc4c(c3)NC(=O)C4(C)C)c2)c1OCC#N. The van der Waals surface area contributed by atoms with Crippen molar-refractivity contribution in [2.45, 2.75) is 45.8 Å². The Balaban J connectivity index is 1.45. The lowest BCUT2D eigenvalue weighted by Crippen LogP contribution is -2.26. The molecule has 0 fully saturated rings. The maximum atomic E-state index is 12.2. The molecule has 3 aromatic carbocycles. The predicted molar refractivity (Wildman–Crippen MR) is 130 cm³/mol. The molecule has 0 spiro atoms. The fourth-order valence-corrected chi connectivity index (χ4v) is 4.07. The maximum absolute atomic E-state index is 12.2. The van der Waals surface area contributed by atoms with E-state index >= 15 is 0 Å². The maximum Gasteiger partial charge on any atom is 0.234 e. The van der Waals surface area contributed by atoms with Gasteiger partial charge in [-0.15, -0.1) is 0 Å². The van der Waals surface area contributed by atoms with Gasteiger partial charge in [0.2, 0.25) is 5.91 Å². The summed E-state index contributed by atoms with van der Waals surface area (Å²) in [6.07, 6.45) is -0.222. The molecule has 1 aliphatic rings. The zero-order valence-corrected chi connectivity index (χ0v) is 19.8. The number of nitriles is 1. The lowest BCUT2D eigenvalue weighted by molar-refractivity contribution is -0.119. The number of amides is 1. The van der Waals surface area contributed by atoms with Gasteiger partial charge in [-0.3, -0.25) is 4.79 Å². The molecule has 0 bridgehead atoms. The number of fused-ring (bicyclic) bond motifs is 1. The number of ether oxygens (including phenoxy) is 3. The Bertz CT molecular complexity index is 1260. The molecule has 1 atom stereocenters. The fourth-order valence-electron chi connectivity index (χ4n) is 4.07. The molecule has 1 amide bonds. The first-order valence-corrected chi connectivity index (χ1v) is 11.2. The molecule has 4 rings (SSSR count). The Hall–Kier alpha value is -3.98. The lowest BCUT2D eigenvalue weighted by Gasteiger charge is -2.18. The Labute approximate surface area is 200 Å². The van der Waals surface area contributed by atoms with Gasteiger partial charge >= 0.3 is 0 Å². The molecule has 3 aromatic rings. The molecule has 0 saturated carbocycles. The third-order valence-electron chi connectivity index (χ3n) is 6.09. The standard InChI is InChI=1S/C28H28N2O4/c1-18-7-5-9-21(26(18)32-14-13-29)17-33-22-10-6-8-20(15-22)19(2)34-23-11-12-24-25(16-23)30-27(31)28(24,3)4/h5-12,15-16,19H,14,17H2,1-4H3,(H,30,31). The summed E-state index contributed by atoms with van der Waals surface area (Å²) in [6.45, 7) is 8.06. The topological polar surface area (TPSA) is 80.6 Å². The van der Waals surface area contributed by atoms with E-state index in [4.69, 9.17) is 19.5 Å². The average Bonchev–Trinajstić information content (AvgIpc) is 3.04. The second kappa shape index (κ2) is 9.48. The summed E-state index contributed by atoms with van der Waals surface area (Å²) >= 11 is 0. The minimum Gasteiger partial charge on any atom is -0.489 e. The van der Waals surface area contributed by atoms with E-state index in [-0.39, 0.29) is 18.6 Å². The molecule has 0 radical (unpaired) electrons. The number of rotatable bonds is 8. The first-order chi connectivity index (χ1) is 16.3. The Morgan fingerprint density at radius 2 is 1.82 bits per heavy atom. The van der Waals surface area contributed by atoms with Crippen molar-refractivity contribution in [1.29, 1.82) is 5.26 Å². The summed E-state index contributed by atoms with van der Waals surface area (Å²) < 4.78 is 17.8. The minimum absolute atomic E-state index is 0.00709. The quantitative estimate of drug-likeness (QED) is 0.460. The highest BCUT2D eigenvalue weighted by Crippen LogP contribution is 2.40. The number of benzene rings is 3. The van der Waals surface area contributed by atoms with Crippen LogP contribution in [0.5, 0.6) is 17.2 Å². The molecule has 0 aliphatic carbocycles. The summed E-state index contributed by atoms with van der Waals surface area (Å²) in [6, 6.07) is 21.3. The molecular formula is C28H28N2O4. The van der Waals surface area contributed by atoms with E-state index in [9.17, 15) is 4.79 Å². The molecular weight excluding hydrogens is 428 g/mol. The molecule has 0 saturated heterocycles. The van der Waals surface area contributed by atoms with Gasteiger partial charge in [-0.25, -0.2) is 0 Å². The van der Waals surface area contributed by atoms with Gasteiger partial charge in [-0.2, -0.15) is 5.26 Å². The minimum atomic E-state index is -0.540. The van der Waals surface area contributed by atoms with E-state index in [0.717, 1.165) is 27.9 Å². The first-order valence-electron chi connectivity index (χ1n) is 11.2. The number of anilines is 1. The number of nitrogens with zero attached hydrogens (tertiary/aromatic N) is 1. The summed E-state index contributed by atoms with van der Waals surface area (Å²) in [5.41, 5.74) is 4.04. The van der Waals surface area contributed by atoms with Gasteiger partial charge in [0.1, 0.15) is 36.0 Å². The zero-order chi connectivity index (χ0) is 24.3. The summed E-state index contributed by atoms with van der Waals surface area (Å²) in [5, 5.41) is 11.8. The Morgan fingerprint density at radius 1 is 1.03 bits per heavy atom. The summed E-state index contributed by atoms with van der Waals surface area (Å²) in [4.78, 5) is 12.2. The summed E-state index contributed by atoms with van der Waals surface area (Å²) in [7, 11) is 0. The van der Waals surface area contributed by atoms with Crippen molar-refractivity contribution in [3.8, 4) is 23.3 Å². The number of para-hydroxylation sites is 1. The molecule has 1 unspecified atom stereocenters. The highest BCUT2D eigenvalue weighted by Gasteiger charge is 2.38. The van der Waals surface area contributed by atoms with E-state index in [0.29, 0.717) is 23.9 Å². The molecule has 1 heterocycles. The molecule has 1 aliphatic heterocycles. The third-order valence-corrected chi connectivity index (χ3v) is 6.09. The van der Waals surface area contributed by atoms with Crippen molar-refractivity contribution in [3.05, 3.63) is 82.9 Å². The van der Waals surface area contributed by atoms with Crippen LogP contribution in [0.2, 0.25) is 0 Å². The molecule has 6 heteroatoms. The van der Waals surface area contributed by atoms with Crippen LogP contribution in [-0.4, -0.2) is 12.5 Å². The van der Waals surface area contributed by atoms with Crippen LogP contribution in [-0.2, 0) is 16.8 Å². The number of carbonyl (C=O) groups excluding carboxylic acids is 1. The monoisotopic (exact) mass is 456 g/mol. The van der Waals surface area contributed by atoms with Gasteiger partial charge in [0, 0.05) is 17.3 Å². The molecule has 34 heavy (non-hydrogen) atoms. The van der Waals surface area contributed by atoms with Crippen molar-refractivity contribution in [2.24, 2.45) is 0 Å². The Kier molecular flexibility index (Phi) is 6.47. The largest absolute Gasteiger partial charge is 0.489 e. The Morgan fingerprint density at radius 3 is 2.62 bits per heavy atom. The number of hydrogen-bond donors (Lipinski definition) is 1. The van der Waals surface area contributed by atoms with Crippen LogP contribution in [0, 0.1) is 18.3 Å². The predicted octanol–water partition coefficient (Wildman–Crippen LogP) is 5.85. The van der Waals surface area contributed by atoms with Gasteiger partial charge in [-0.1, -0.05) is 36.4 Å². The smallest absolute Gasteiger partial charge is 0.234 e. The molecule has 1 N–H and O–H groups in total. The molecule has 174 valence electrons. The van der Waals surface area contributed by atoms with Crippen LogP contribution >= 0.6 is 0 Å². The normalized spacial score (nSPS) is 14.5. The molecule has 6 nitrogen and oxygen atoms in total. The van der Waals surface area contributed by atoms with E-state index < -0.39 is 5.41 Å². The van der Waals surface area contributed by atoms with Crippen LogP contribution < -0.4 is 19.5 Å². The lowest BCUT2D eigenvalue weighted by atomic mass is 9.86. The highest BCUT2D eigenvalue weighted by molar-refractivity contribution is 6.05. The second-order valence-corrected chi connectivity index (χ2v) is 8.92. The first kappa shape index (κ1) is 23.2. The van der Waals surface area contributed by atoms with Crippen LogP contribution in [0.3, 0.4) is 0 Å². The van der Waals surface area contributed by atoms with Gasteiger partial charge in [0.25, 0.3) is 0 Å².